The minimum absolute atomic E-state index is 0.0545. The van der Waals surface area contributed by atoms with Gasteiger partial charge in [-0.15, -0.1) is 0 Å². The summed E-state index contributed by atoms with van der Waals surface area (Å²) >= 11 is 0. The van der Waals surface area contributed by atoms with Crippen LogP contribution in [-0.4, -0.2) is 85.9 Å². The minimum atomic E-state index is -1.59. The van der Waals surface area contributed by atoms with Gasteiger partial charge < -0.3 is 42.0 Å². The van der Waals surface area contributed by atoms with Crippen LogP contribution in [0.15, 0.2) is 12.5 Å². The van der Waals surface area contributed by atoms with Gasteiger partial charge in [0.25, 0.3) is 0 Å². The van der Waals surface area contributed by atoms with Gasteiger partial charge in [-0.05, 0) is 12.8 Å². The number of nitrogens with zero attached hydrogens (tertiary/aromatic N) is 1. The highest BCUT2D eigenvalue weighted by Crippen LogP contribution is 2.10. The number of aromatic nitrogens is 2. The van der Waals surface area contributed by atoms with Gasteiger partial charge >= 0.3 is 5.97 Å². The monoisotopic (exact) mass is 456 g/mol. The van der Waals surface area contributed by atoms with E-state index in [4.69, 9.17) is 10.8 Å². The number of H-pyrrole nitrogens is 1. The third-order valence-electron chi connectivity index (χ3n) is 4.98. The Kier molecular flexibility index (Phi) is 10.7. The molecule has 6 unspecified atom stereocenters. The van der Waals surface area contributed by atoms with Crippen LogP contribution in [0, 0.1) is 5.92 Å². The van der Waals surface area contributed by atoms with E-state index in [2.05, 4.69) is 25.9 Å². The first-order chi connectivity index (χ1) is 15.0. The van der Waals surface area contributed by atoms with Gasteiger partial charge in [0.15, 0.2) is 6.04 Å². The van der Waals surface area contributed by atoms with Crippen LogP contribution in [0.25, 0.3) is 0 Å². The van der Waals surface area contributed by atoms with E-state index in [1.54, 1.807) is 13.8 Å². The number of rotatable bonds is 13. The number of aromatic amines is 1. The van der Waals surface area contributed by atoms with E-state index in [1.165, 1.54) is 19.4 Å². The Morgan fingerprint density at radius 2 is 1.72 bits per heavy atom. The normalized spacial score (nSPS) is 16.7. The lowest BCUT2D eigenvalue weighted by molar-refractivity contribution is -0.145. The molecule has 6 atom stereocenters. The molecule has 13 heteroatoms. The van der Waals surface area contributed by atoms with Gasteiger partial charge in [0, 0.05) is 18.3 Å². The first-order valence-electron chi connectivity index (χ1n) is 10.2. The fraction of sp³-hybridized carbons (Fsp3) is 0.632. The van der Waals surface area contributed by atoms with Crippen molar-refractivity contribution in [1.82, 2.24) is 25.9 Å². The van der Waals surface area contributed by atoms with Gasteiger partial charge in [-0.25, -0.2) is 9.78 Å². The van der Waals surface area contributed by atoms with Gasteiger partial charge in [-0.1, -0.05) is 20.3 Å². The summed E-state index contributed by atoms with van der Waals surface area (Å²) in [6, 6.07) is -5.11. The fourth-order valence-electron chi connectivity index (χ4n) is 2.77. The maximum atomic E-state index is 13.0. The number of hydrogen-bond donors (Lipinski definition) is 8. The molecular formula is C19H32N6O7. The maximum Gasteiger partial charge on any atom is 0.328 e. The predicted molar refractivity (Wildman–Crippen MR) is 112 cm³/mol. The molecule has 32 heavy (non-hydrogen) atoms. The fourth-order valence-corrected chi connectivity index (χ4v) is 2.77. The lowest BCUT2D eigenvalue weighted by Gasteiger charge is -2.28. The highest BCUT2D eigenvalue weighted by atomic mass is 16.4. The number of carbonyl (C=O) groups is 4. The van der Waals surface area contributed by atoms with Gasteiger partial charge in [0.1, 0.15) is 18.1 Å². The number of aliphatic hydroxyl groups is 2. The molecule has 1 aromatic rings. The molecule has 13 nitrogen and oxygen atoms in total. The zero-order valence-electron chi connectivity index (χ0n) is 18.2. The second kappa shape index (κ2) is 12.7. The van der Waals surface area contributed by atoms with Crippen molar-refractivity contribution in [2.75, 3.05) is 6.61 Å². The molecule has 0 bridgehead atoms. The maximum absolute atomic E-state index is 13.0. The van der Waals surface area contributed by atoms with Crippen LogP contribution in [0.5, 0.6) is 0 Å². The number of nitrogens with one attached hydrogen (secondary N) is 4. The van der Waals surface area contributed by atoms with Crippen LogP contribution < -0.4 is 21.7 Å². The minimum Gasteiger partial charge on any atom is -0.480 e. The van der Waals surface area contributed by atoms with Crippen molar-refractivity contribution in [1.29, 1.82) is 0 Å². The Balaban J connectivity index is 3.09. The molecule has 0 aromatic carbocycles. The molecule has 1 aromatic heterocycles. The Morgan fingerprint density at radius 1 is 1.09 bits per heavy atom. The number of nitrogens with two attached hydrogens (primary N) is 1. The van der Waals surface area contributed by atoms with Crippen molar-refractivity contribution in [2.45, 2.75) is 63.9 Å². The molecule has 0 aliphatic rings. The third-order valence-corrected chi connectivity index (χ3v) is 4.98. The van der Waals surface area contributed by atoms with Crippen LogP contribution >= 0.6 is 0 Å². The Hall–Kier alpha value is -3.03. The van der Waals surface area contributed by atoms with Crippen molar-refractivity contribution in [3.63, 3.8) is 0 Å². The van der Waals surface area contributed by atoms with E-state index in [0.717, 1.165) is 0 Å². The molecule has 0 aliphatic heterocycles. The summed E-state index contributed by atoms with van der Waals surface area (Å²) in [7, 11) is 0. The van der Waals surface area contributed by atoms with Crippen LogP contribution in [-0.2, 0) is 25.6 Å². The molecule has 3 amide bonds. The topological polar surface area (TPSA) is 220 Å². The zero-order chi connectivity index (χ0) is 24.4. The van der Waals surface area contributed by atoms with Gasteiger partial charge in [0.05, 0.1) is 19.0 Å². The van der Waals surface area contributed by atoms with E-state index < -0.39 is 60.6 Å². The Labute approximate surface area is 185 Å². The molecule has 180 valence electrons. The largest absolute Gasteiger partial charge is 0.480 e. The number of carboxylic acids is 1. The number of carboxylic acid groups (broad SMARTS) is 1. The van der Waals surface area contributed by atoms with E-state index >= 15 is 0 Å². The summed E-state index contributed by atoms with van der Waals surface area (Å²) in [4.78, 5) is 55.9. The Morgan fingerprint density at radius 3 is 2.19 bits per heavy atom. The lowest BCUT2D eigenvalue weighted by Crippen LogP contribution is -2.60. The molecule has 0 saturated heterocycles. The number of carbonyl (C=O) groups excluding carboxylic acids is 3. The van der Waals surface area contributed by atoms with Crippen molar-refractivity contribution < 1.29 is 34.5 Å². The van der Waals surface area contributed by atoms with E-state index in [9.17, 15) is 29.4 Å². The highest BCUT2D eigenvalue weighted by Gasteiger charge is 2.33. The van der Waals surface area contributed by atoms with Gasteiger partial charge in [-0.3, -0.25) is 14.4 Å². The molecule has 1 heterocycles. The standard InChI is InChI=1S/C19H32N6O7/c1-4-9(2)14(24-16(28)12(20)7-26)18(30)23-13(5-11-6-21-8-22-11)17(29)25-15(10(3)27)19(31)32/h6,8-10,12-15,26-27H,4-5,7,20H2,1-3H3,(H,21,22)(H,23,30)(H,24,28)(H,25,29)(H,31,32). The van der Waals surface area contributed by atoms with E-state index in [-0.39, 0.29) is 12.3 Å². The molecule has 0 aliphatic carbocycles. The van der Waals surface area contributed by atoms with Gasteiger partial charge in [0.2, 0.25) is 17.7 Å². The zero-order valence-corrected chi connectivity index (χ0v) is 18.2. The summed E-state index contributed by atoms with van der Waals surface area (Å²) in [5.41, 5.74) is 6.00. The lowest BCUT2D eigenvalue weighted by atomic mass is 9.97. The average molecular weight is 457 g/mol. The van der Waals surface area contributed by atoms with Crippen molar-refractivity contribution in [2.24, 2.45) is 11.7 Å². The van der Waals surface area contributed by atoms with Crippen LogP contribution in [0.1, 0.15) is 32.9 Å². The SMILES string of the molecule is CCC(C)C(NC(=O)C(N)CO)C(=O)NC(Cc1cnc[nH]1)C(=O)NC(C(=O)O)C(C)O. The average Bonchev–Trinajstić information content (AvgIpc) is 3.26. The summed E-state index contributed by atoms with van der Waals surface area (Å²) in [5, 5.41) is 35.1. The number of imidazole rings is 1. The first-order valence-corrected chi connectivity index (χ1v) is 10.2. The van der Waals surface area contributed by atoms with Gasteiger partial charge in [-0.2, -0.15) is 0 Å². The van der Waals surface area contributed by atoms with Crippen LogP contribution in [0.2, 0.25) is 0 Å². The van der Waals surface area contributed by atoms with Crippen molar-refractivity contribution in [3.05, 3.63) is 18.2 Å². The first kappa shape index (κ1) is 27.0. The summed E-state index contributed by atoms with van der Waals surface area (Å²) in [5.74, 6) is -4.06. The highest BCUT2D eigenvalue weighted by molar-refractivity contribution is 5.94. The number of amides is 3. The summed E-state index contributed by atoms with van der Waals surface area (Å²) in [6.45, 7) is 4.12. The number of hydrogen-bond acceptors (Lipinski definition) is 8. The molecular weight excluding hydrogens is 424 g/mol. The Bertz CT molecular complexity index is 770. The smallest absolute Gasteiger partial charge is 0.328 e. The molecule has 0 spiro atoms. The second-order valence-electron chi connectivity index (χ2n) is 7.57. The third kappa shape index (κ3) is 7.90. The van der Waals surface area contributed by atoms with Crippen LogP contribution in [0.4, 0.5) is 0 Å². The predicted octanol–water partition coefficient (Wildman–Crippen LogP) is -2.76. The molecule has 0 fully saturated rings. The van der Waals surface area contributed by atoms with E-state index in [1.807, 2.05) is 0 Å². The quantitative estimate of drug-likeness (QED) is 0.154. The van der Waals surface area contributed by atoms with Crippen molar-refractivity contribution in [3.8, 4) is 0 Å². The van der Waals surface area contributed by atoms with Crippen LogP contribution in [0.3, 0.4) is 0 Å². The van der Waals surface area contributed by atoms with Crippen molar-refractivity contribution >= 4 is 23.7 Å². The second-order valence-corrected chi connectivity index (χ2v) is 7.57. The molecule has 1 rings (SSSR count). The molecule has 0 saturated carbocycles. The number of aliphatic carboxylic acids is 1. The van der Waals surface area contributed by atoms with E-state index in [0.29, 0.717) is 12.1 Å². The number of aliphatic hydroxyl groups excluding tert-OH is 2. The summed E-state index contributed by atoms with van der Waals surface area (Å²) < 4.78 is 0. The molecule has 0 radical (unpaired) electrons. The molecule has 9 N–H and O–H groups in total. The summed E-state index contributed by atoms with van der Waals surface area (Å²) in [6.07, 6.45) is 1.88.